The third-order valence-corrected chi connectivity index (χ3v) is 2.23. The minimum atomic E-state index is -1.08. The highest BCUT2D eigenvalue weighted by Crippen LogP contribution is 2.25. The molecule has 1 rings (SSSR count). The van der Waals surface area contributed by atoms with Crippen LogP contribution in [0.2, 0.25) is 0 Å². The Bertz CT molecular complexity index is 365. The molecule has 76 valence electrons. The molecule has 0 amide bonds. The third-order valence-electron chi connectivity index (χ3n) is 1.65. The molecule has 0 heterocycles. The average Bonchev–Trinajstić information content (AvgIpc) is 2.11. The Kier molecular flexibility index (Phi) is 3.46. The molecular weight excluding hydrogens is 255 g/mol. The first-order valence-electron chi connectivity index (χ1n) is 3.78. The number of hydrogen-bond donors (Lipinski definition) is 1. The SMILES string of the molecule is COc1cc(Br)c(F)c(CC(=O)O)c1. The molecule has 0 fully saturated rings. The first-order valence-corrected chi connectivity index (χ1v) is 4.57. The molecule has 0 saturated carbocycles. The second-order valence-corrected chi connectivity index (χ2v) is 3.51. The second-order valence-electron chi connectivity index (χ2n) is 2.65. The molecule has 0 saturated heterocycles. The van der Waals surface area contributed by atoms with Crippen LogP contribution >= 0.6 is 15.9 Å². The lowest BCUT2D eigenvalue weighted by atomic mass is 10.1. The molecule has 3 nitrogen and oxygen atoms in total. The molecule has 0 bridgehead atoms. The van der Waals surface area contributed by atoms with E-state index in [0.717, 1.165) is 0 Å². The van der Waals surface area contributed by atoms with E-state index in [1.54, 1.807) is 0 Å². The van der Waals surface area contributed by atoms with Gasteiger partial charge in [-0.1, -0.05) is 0 Å². The van der Waals surface area contributed by atoms with E-state index in [4.69, 9.17) is 9.84 Å². The smallest absolute Gasteiger partial charge is 0.307 e. The maximum atomic E-state index is 13.3. The fourth-order valence-electron chi connectivity index (χ4n) is 1.03. The van der Waals surface area contributed by atoms with Crippen LogP contribution in [0.25, 0.3) is 0 Å². The Balaban J connectivity index is 3.13. The van der Waals surface area contributed by atoms with Crippen LogP contribution in [0.5, 0.6) is 5.75 Å². The van der Waals surface area contributed by atoms with Gasteiger partial charge in [-0.15, -0.1) is 0 Å². The van der Waals surface area contributed by atoms with Gasteiger partial charge in [-0.3, -0.25) is 4.79 Å². The number of hydrogen-bond acceptors (Lipinski definition) is 2. The van der Waals surface area contributed by atoms with Gasteiger partial charge in [0.25, 0.3) is 0 Å². The summed E-state index contributed by atoms with van der Waals surface area (Å²) in [5.41, 5.74) is 0.101. The van der Waals surface area contributed by atoms with Gasteiger partial charge in [0.1, 0.15) is 11.6 Å². The van der Waals surface area contributed by atoms with Gasteiger partial charge in [0, 0.05) is 5.56 Å². The van der Waals surface area contributed by atoms with Gasteiger partial charge in [-0.2, -0.15) is 0 Å². The number of rotatable bonds is 3. The summed E-state index contributed by atoms with van der Waals surface area (Å²) in [6.45, 7) is 0. The summed E-state index contributed by atoms with van der Waals surface area (Å²) < 4.78 is 18.4. The van der Waals surface area contributed by atoms with Crippen molar-refractivity contribution in [2.75, 3.05) is 7.11 Å². The lowest BCUT2D eigenvalue weighted by Crippen LogP contribution is -2.03. The zero-order valence-electron chi connectivity index (χ0n) is 7.38. The van der Waals surface area contributed by atoms with E-state index in [1.807, 2.05) is 0 Å². The number of carboxylic acid groups (broad SMARTS) is 1. The normalized spacial score (nSPS) is 9.93. The quantitative estimate of drug-likeness (QED) is 0.909. The van der Waals surface area contributed by atoms with Gasteiger partial charge in [0.2, 0.25) is 0 Å². The number of carboxylic acids is 1. The Morgan fingerprint density at radius 1 is 1.64 bits per heavy atom. The molecule has 1 aromatic carbocycles. The van der Waals surface area contributed by atoms with Crippen LogP contribution in [0.15, 0.2) is 16.6 Å². The zero-order valence-corrected chi connectivity index (χ0v) is 8.97. The van der Waals surface area contributed by atoms with Gasteiger partial charge in [0.15, 0.2) is 0 Å². The first-order chi connectivity index (χ1) is 6.54. The summed E-state index contributed by atoms with van der Waals surface area (Å²) >= 11 is 2.98. The minimum absolute atomic E-state index is 0.101. The molecule has 0 aliphatic rings. The predicted molar refractivity (Wildman–Crippen MR) is 52.0 cm³/mol. The van der Waals surface area contributed by atoms with Crippen LogP contribution in [-0.4, -0.2) is 18.2 Å². The maximum Gasteiger partial charge on any atom is 0.307 e. The van der Waals surface area contributed by atoms with E-state index < -0.39 is 11.8 Å². The Morgan fingerprint density at radius 3 is 2.79 bits per heavy atom. The standard InChI is InChI=1S/C9H8BrFO3/c1-14-6-2-5(3-8(12)13)9(11)7(10)4-6/h2,4H,3H2,1H3,(H,12,13). The fourth-order valence-corrected chi connectivity index (χ4v) is 1.51. The van der Waals surface area contributed by atoms with Crippen molar-refractivity contribution in [3.8, 4) is 5.75 Å². The molecular formula is C9H8BrFO3. The largest absolute Gasteiger partial charge is 0.497 e. The van der Waals surface area contributed by atoms with Crippen molar-refractivity contribution in [1.82, 2.24) is 0 Å². The third kappa shape index (κ3) is 2.45. The summed E-state index contributed by atoms with van der Waals surface area (Å²) in [6, 6.07) is 2.81. The van der Waals surface area contributed by atoms with Crippen molar-refractivity contribution in [2.45, 2.75) is 6.42 Å². The number of methoxy groups -OCH3 is 1. The van der Waals surface area contributed by atoms with Crippen molar-refractivity contribution in [2.24, 2.45) is 0 Å². The van der Waals surface area contributed by atoms with Crippen molar-refractivity contribution < 1.29 is 19.0 Å². The monoisotopic (exact) mass is 262 g/mol. The van der Waals surface area contributed by atoms with Crippen LogP contribution in [0.1, 0.15) is 5.56 Å². The van der Waals surface area contributed by atoms with Gasteiger partial charge < -0.3 is 9.84 Å². The number of benzene rings is 1. The molecule has 1 N–H and O–H groups in total. The fraction of sp³-hybridized carbons (Fsp3) is 0.222. The Labute approximate surface area is 88.6 Å². The molecule has 0 spiro atoms. The number of carbonyl (C=O) groups is 1. The topological polar surface area (TPSA) is 46.5 Å². The molecule has 5 heteroatoms. The maximum absolute atomic E-state index is 13.3. The minimum Gasteiger partial charge on any atom is -0.497 e. The molecule has 0 aliphatic heterocycles. The van der Waals surface area contributed by atoms with E-state index in [1.165, 1.54) is 19.2 Å². The van der Waals surface area contributed by atoms with E-state index in [0.29, 0.717) is 5.75 Å². The van der Waals surface area contributed by atoms with Gasteiger partial charge >= 0.3 is 5.97 Å². The molecule has 0 aliphatic carbocycles. The lowest BCUT2D eigenvalue weighted by molar-refractivity contribution is -0.136. The highest BCUT2D eigenvalue weighted by atomic mass is 79.9. The molecule has 14 heavy (non-hydrogen) atoms. The van der Waals surface area contributed by atoms with Crippen LogP contribution in [0.3, 0.4) is 0 Å². The van der Waals surface area contributed by atoms with Crippen LogP contribution in [0.4, 0.5) is 4.39 Å². The van der Waals surface area contributed by atoms with Crippen molar-refractivity contribution >= 4 is 21.9 Å². The van der Waals surface area contributed by atoms with E-state index in [2.05, 4.69) is 15.9 Å². The van der Waals surface area contributed by atoms with Crippen molar-refractivity contribution in [1.29, 1.82) is 0 Å². The highest BCUT2D eigenvalue weighted by Gasteiger charge is 2.12. The Hall–Kier alpha value is -1.10. The van der Waals surface area contributed by atoms with Gasteiger partial charge in [0.05, 0.1) is 18.0 Å². The predicted octanol–water partition coefficient (Wildman–Crippen LogP) is 2.22. The molecule has 0 unspecified atom stereocenters. The van der Waals surface area contributed by atoms with Crippen LogP contribution < -0.4 is 4.74 Å². The van der Waals surface area contributed by atoms with Crippen molar-refractivity contribution in [3.63, 3.8) is 0 Å². The zero-order chi connectivity index (χ0) is 10.7. The van der Waals surface area contributed by atoms with E-state index >= 15 is 0 Å². The summed E-state index contributed by atoms with van der Waals surface area (Å²) in [7, 11) is 1.43. The van der Waals surface area contributed by atoms with Gasteiger partial charge in [-0.05, 0) is 28.1 Å². The molecule has 0 aromatic heterocycles. The van der Waals surface area contributed by atoms with Crippen molar-refractivity contribution in [3.05, 3.63) is 28.0 Å². The first kappa shape index (κ1) is 11.0. The molecule has 1 aromatic rings. The average molecular weight is 263 g/mol. The summed E-state index contributed by atoms with van der Waals surface area (Å²) in [5.74, 6) is -1.22. The van der Waals surface area contributed by atoms with Crippen LogP contribution in [-0.2, 0) is 11.2 Å². The Morgan fingerprint density at radius 2 is 2.29 bits per heavy atom. The van der Waals surface area contributed by atoms with E-state index in [9.17, 15) is 9.18 Å². The highest BCUT2D eigenvalue weighted by molar-refractivity contribution is 9.10. The number of ether oxygens (including phenoxy) is 1. The van der Waals surface area contributed by atoms with E-state index in [-0.39, 0.29) is 16.5 Å². The summed E-state index contributed by atoms with van der Waals surface area (Å²) in [5, 5.41) is 8.52. The summed E-state index contributed by atoms with van der Waals surface area (Å²) in [6.07, 6.45) is -0.359. The number of halogens is 2. The van der Waals surface area contributed by atoms with Gasteiger partial charge in [-0.25, -0.2) is 4.39 Å². The van der Waals surface area contributed by atoms with Crippen LogP contribution in [0, 0.1) is 5.82 Å². The summed E-state index contributed by atoms with van der Waals surface area (Å²) in [4.78, 5) is 10.4. The number of aliphatic carboxylic acids is 1. The molecule has 0 radical (unpaired) electrons. The lowest BCUT2D eigenvalue weighted by Gasteiger charge is -2.06. The molecule has 0 atom stereocenters. The second kappa shape index (κ2) is 4.41.